The van der Waals surface area contributed by atoms with Gasteiger partial charge in [0.1, 0.15) is 5.82 Å². The Balaban J connectivity index is 2.05. The smallest absolute Gasteiger partial charge is 0.258 e. The van der Waals surface area contributed by atoms with Gasteiger partial charge >= 0.3 is 0 Å². The van der Waals surface area contributed by atoms with E-state index in [9.17, 15) is 4.79 Å². The SMILES string of the molecule is Cc1nc(NC(=S)NC(=O)c2ccc(Cl)cc2Cl)ccc1I. The number of carbonyl (C=O) groups excluding carboxylic acids is 1. The highest BCUT2D eigenvalue weighted by molar-refractivity contribution is 14.1. The standard InChI is InChI=1S/C14H10Cl2IN3OS/c1-7-11(17)4-5-12(18-7)19-14(22)20-13(21)9-3-2-8(15)6-10(9)16/h2-6H,1H3,(H2,18,19,20,21,22). The number of nitrogens with one attached hydrogen (secondary N) is 2. The first-order valence-corrected chi connectivity index (χ1v) is 8.31. The normalized spacial score (nSPS) is 10.2. The molecule has 1 aromatic carbocycles. The average Bonchev–Trinajstić information content (AvgIpc) is 2.42. The third-order valence-electron chi connectivity index (χ3n) is 2.67. The number of hydrogen-bond donors (Lipinski definition) is 2. The number of aryl methyl sites for hydroxylation is 1. The molecule has 8 heteroatoms. The Morgan fingerprint density at radius 2 is 2.00 bits per heavy atom. The second-order valence-corrected chi connectivity index (χ2v) is 6.71. The summed E-state index contributed by atoms with van der Waals surface area (Å²) < 4.78 is 1.05. The van der Waals surface area contributed by atoms with Crippen LogP contribution < -0.4 is 10.6 Å². The maximum absolute atomic E-state index is 12.1. The second-order valence-electron chi connectivity index (χ2n) is 4.30. The number of halogens is 3. The molecule has 1 heterocycles. The predicted molar refractivity (Wildman–Crippen MR) is 102 cm³/mol. The van der Waals surface area contributed by atoms with Crippen LogP contribution in [0.2, 0.25) is 10.0 Å². The zero-order chi connectivity index (χ0) is 16.3. The second kappa shape index (κ2) is 7.54. The minimum Gasteiger partial charge on any atom is -0.317 e. The van der Waals surface area contributed by atoms with Gasteiger partial charge in [-0.2, -0.15) is 0 Å². The van der Waals surface area contributed by atoms with Crippen LogP contribution in [0.3, 0.4) is 0 Å². The molecule has 0 fully saturated rings. The molecule has 2 rings (SSSR count). The van der Waals surface area contributed by atoms with Crippen molar-refractivity contribution in [2.75, 3.05) is 5.32 Å². The Kier molecular flexibility index (Phi) is 5.96. The molecule has 0 aliphatic heterocycles. The van der Waals surface area contributed by atoms with Crippen LogP contribution in [0.1, 0.15) is 16.1 Å². The predicted octanol–water partition coefficient (Wildman–Crippen LogP) is 4.43. The summed E-state index contributed by atoms with van der Waals surface area (Å²) in [4.78, 5) is 16.4. The molecule has 2 aromatic rings. The molecule has 1 amide bonds. The molecule has 22 heavy (non-hydrogen) atoms. The van der Waals surface area contributed by atoms with Crippen molar-refractivity contribution in [1.29, 1.82) is 0 Å². The molecule has 0 aliphatic rings. The van der Waals surface area contributed by atoms with E-state index in [2.05, 4.69) is 38.2 Å². The third kappa shape index (κ3) is 4.52. The molecule has 0 unspecified atom stereocenters. The van der Waals surface area contributed by atoms with E-state index >= 15 is 0 Å². The van der Waals surface area contributed by atoms with Crippen LogP contribution in [0.15, 0.2) is 30.3 Å². The fourth-order valence-electron chi connectivity index (χ4n) is 1.61. The molecule has 0 radical (unpaired) electrons. The van der Waals surface area contributed by atoms with Gasteiger partial charge in [0.15, 0.2) is 5.11 Å². The van der Waals surface area contributed by atoms with Gasteiger partial charge in [0.05, 0.1) is 16.3 Å². The Labute approximate surface area is 156 Å². The van der Waals surface area contributed by atoms with Gasteiger partial charge in [0.2, 0.25) is 0 Å². The van der Waals surface area contributed by atoms with E-state index in [1.807, 2.05) is 13.0 Å². The summed E-state index contributed by atoms with van der Waals surface area (Å²) >= 11 is 19.1. The van der Waals surface area contributed by atoms with E-state index in [0.29, 0.717) is 16.4 Å². The van der Waals surface area contributed by atoms with E-state index in [0.717, 1.165) is 9.26 Å². The monoisotopic (exact) mass is 465 g/mol. The quantitative estimate of drug-likeness (QED) is 0.509. The van der Waals surface area contributed by atoms with Gasteiger partial charge in [-0.1, -0.05) is 23.2 Å². The van der Waals surface area contributed by atoms with Crippen molar-refractivity contribution in [2.45, 2.75) is 6.92 Å². The van der Waals surface area contributed by atoms with E-state index in [4.69, 9.17) is 35.4 Å². The van der Waals surface area contributed by atoms with Crippen LogP contribution in [0.25, 0.3) is 0 Å². The number of amides is 1. The highest BCUT2D eigenvalue weighted by Crippen LogP contribution is 2.20. The Morgan fingerprint density at radius 1 is 1.27 bits per heavy atom. The van der Waals surface area contributed by atoms with Crippen molar-refractivity contribution < 1.29 is 4.79 Å². The molecular weight excluding hydrogens is 456 g/mol. The van der Waals surface area contributed by atoms with Crippen molar-refractivity contribution in [3.05, 3.63) is 55.2 Å². The number of rotatable bonds is 2. The molecule has 0 aliphatic carbocycles. The van der Waals surface area contributed by atoms with E-state index in [1.54, 1.807) is 12.1 Å². The Morgan fingerprint density at radius 3 is 2.64 bits per heavy atom. The number of aromatic nitrogens is 1. The van der Waals surface area contributed by atoms with Crippen molar-refractivity contribution in [1.82, 2.24) is 10.3 Å². The first-order chi connectivity index (χ1) is 10.4. The van der Waals surface area contributed by atoms with Crippen molar-refractivity contribution in [3.8, 4) is 0 Å². The first-order valence-electron chi connectivity index (χ1n) is 6.07. The van der Waals surface area contributed by atoms with Gasteiger partial charge in [-0.05, 0) is 72.1 Å². The summed E-state index contributed by atoms with van der Waals surface area (Å²) in [5.74, 6) is 0.145. The fourth-order valence-corrected chi connectivity index (χ4v) is 2.60. The lowest BCUT2D eigenvalue weighted by Crippen LogP contribution is -2.34. The Hall–Kier alpha value is -0.960. The molecule has 114 valence electrons. The van der Waals surface area contributed by atoms with Crippen LogP contribution in [-0.4, -0.2) is 16.0 Å². The average molecular weight is 466 g/mol. The zero-order valence-corrected chi connectivity index (χ0v) is 15.8. The molecule has 0 bridgehead atoms. The zero-order valence-electron chi connectivity index (χ0n) is 11.3. The number of benzene rings is 1. The minimum atomic E-state index is -0.415. The van der Waals surface area contributed by atoms with E-state index in [1.165, 1.54) is 12.1 Å². The summed E-state index contributed by atoms with van der Waals surface area (Å²) in [6.07, 6.45) is 0. The van der Waals surface area contributed by atoms with Gasteiger partial charge in [0.25, 0.3) is 5.91 Å². The number of nitrogens with zero attached hydrogens (tertiary/aromatic N) is 1. The number of carbonyl (C=O) groups is 1. The summed E-state index contributed by atoms with van der Waals surface area (Å²) in [6.45, 7) is 1.89. The Bertz CT molecular complexity index is 755. The highest BCUT2D eigenvalue weighted by atomic mass is 127. The largest absolute Gasteiger partial charge is 0.317 e. The highest BCUT2D eigenvalue weighted by Gasteiger charge is 2.12. The third-order valence-corrected chi connectivity index (χ3v) is 4.56. The number of hydrogen-bond acceptors (Lipinski definition) is 3. The summed E-state index contributed by atoms with van der Waals surface area (Å²) in [5.41, 5.74) is 1.17. The molecule has 1 aromatic heterocycles. The van der Waals surface area contributed by atoms with E-state index < -0.39 is 5.91 Å². The fraction of sp³-hybridized carbons (Fsp3) is 0.0714. The van der Waals surface area contributed by atoms with Crippen LogP contribution >= 0.6 is 58.0 Å². The van der Waals surface area contributed by atoms with Crippen LogP contribution in [0.4, 0.5) is 5.82 Å². The number of anilines is 1. The molecular formula is C14H10Cl2IN3OS. The molecule has 0 saturated carbocycles. The van der Waals surface area contributed by atoms with E-state index in [-0.39, 0.29) is 10.1 Å². The number of thiocarbonyl (C=S) groups is 1. The minimum absolute atomic E-state index is 0.143. The van der Waals surface area contributed by atoms with Gasteiger partial charge in [-0.15, -0.1) is 0 Å². The van der Waals surface area contributed by atoms with Crippen molar-refractivity contribution in [3.63, 3.8) is 0 Å². The maximum atomic E-state index is 12.1. The van der Waals surface area contributed by atoms with Crippen molar-refractivity contribution in [2.24, 2.45) is 0 Å². The van der Waals surface area contributed by atoms with Gasteiger partial charge < -0.3 is 5.32 Å². The summed E-state index contributed by atoms with van der Waals surface area (Å²) in [5, 5.41) is 6.27. The van der Waals surface area contributed by atoms with Crippen LogP contribution in [-0.2, 0) is 0 Å². The number of pyridine rings is 1. The lowest BCUT2D eigenvalue weighted by atomic mass is 10.2. The van der Waals surface area contributed by atoms with Gasteiger partial charge in [0, 0.05) is 8.59 Å². The van der Waals surface area contributed by atoms with Gasteiger partial charge in [-0.25, -0.2) is 4.98 Å². The summed E-state index contributed by atoms with van der Waals surface area (Å²) in [6, 6.07) is 8.31. The molecule has 0 saturated heterocycles. The first kappa shape index (κ1) is 17.4. The molecule has 0 atom stereocenters. The van der Waals surface area contributed by atoms with Crippen LogP contribution in [0, 0.1) is 10.5 Å². The maximum Gasteiger partial charge on any atom is 0.258 e. The topological polar surface area (TPSA) is 54.0 Å². The lowest BCUT2D eigenvalue weighted by molar-refractivity contribution is 0.0978. The molecule has 2 N–H and O–H groups in total. The summed E-state index contributed by atoms with van der Waals surface area (Å²) in [7, 11) is 0. The van der Waals surface area contributed by atoms with Crippen molar-refractivity contribution >= 4 is 74.8 Å². The lowest BCUT2D eigenvalue weighted by Gasteiger charge is -2.10. The van der Waals surface area contributed by atoms with Gasteiger partial charge in [-0.3, -0.25) is 10.1 Å². The molecule has 4 nitrogen and oxygen atoms in total. The van der Waals surface area contributed by atoms with Crippen LogP contribution in [0.5, 0.6) is 0 Å². The molecule has 0 spiro atoms.